The van der Waals surface area contributed by atoms with Crippen molar-refractivity contribution < 1.29 is 46.8 Å². The Kier molecular flexibility index (Phi) is 35.9. The van der Waals surface area contributed by atoms with Crippen LogP contribution >= 0.6 is 7.82 Å². The zero-order valence-electron chi connectivity index (χ0n) is 36.5. The minimum atomic E-state index is -4.66. The van der Waals surface area contributed by atoms with E-state index in [0.29, 0.717) is 30.3 Å². The summed E-state index contributed by atoms with van der Waals surface area (Å²) in [7, 11) is 1.08. The normalized spacial score (nSPS) is 14.1. The molecule has 0 bridgehead atoms. The van der Waals surface area contributed by atoms with Gasteiger partial charge in [0.1, 0.15) is 19.8 Å². The molecule has 10 nitrogen and oxygen atoms in total. The van der Waals surface area contributed by atoms with Crippen LogP contribution in [0.3, 0.4) is 0 Å². The number of carbonyl (C=O) groups is 3. The van der Waals surface area contributed by atoms with Crippen LogP contribution in [0.2, 0.25) is 0 Å². The SMILES string of the molecule is CCCCCCCC/C=C\C/C=C\C/C=C\CCCC(=O)OC[C@H](COP(=O)([O-])OCC[N+](C)(C)C)OC(=O)CCCCCCC/C=C\C=C\C(=O)CCCCC. The lowest BCUT2D eigenvalue weighted by atomic mass is 10.1. The van der Waals surface area contributed by atoms with Crippen molar-refractivity contribution in [3.05, 3.63) is 60.8 Å². The molecule has 328 valence electrons. The lowest BCUT2D eigenvalue weighted by Gasteiger charge is -2.28. The third kappa shape index (κ3) is 41.3. The van der Waals surface area contributed by atoms with Gasteiger partial charge in [0.2, 0.25) is 0 Å². The molecular weight excluding hydrogens is 741 g/mol. The van der Waals surface area contributed by atoms with Gasteiger partial charge in [-0.3, -0.25) is 18.9 Å². The van der Waals surface area contributed by atoms with E-state index in [2.05, 4.69) is 50.3 Å². The first-order chi connectivity index (χ1) is 27.4. The molecule has 0 aliphatic heterocycles. The van der Waals surface area contributed by atoms with Gasteiger partial charge in [-0.25, -0.2) is 0 Å². The summed E-state index contributed by atoms with van der Waals surface area (Å²) in [6.45, 7) is 3.93. The molecule has 0 aromatic carbocycles. The van der Waals surface area contributed by atoms with Gasteiger partial charge < -0.3 is 27.9 Å². The van der Waals surface area contributed by atoms with Crippen molar-refractivity contribution in [3.63, 3.8) is 0 Å². The second-order valence-electron chi connectivity index (χ2n) is 15.7. The van der Waals surface area contributed by atoms with Crippen LogP contribution in [0.4, 0.5) is 0 Å². The molecule has 0 N–H and O–H groups in total. The Labute approximate surface area is 347 Å². The number of carbonyl (C=O) groups excluding carboxylic acids is 3. The van der Waals surface area contributed by atoms with Gasteiger partial charge >= 0.3 is 11.9 Å². The molecule has 0 rings (SSSR count). The summed E-state index contributed by atoms with van der Waals surface area (Å²) in [5, 5.41) is 0. The molecule has 0 heterocycles. The molecule has 0 aromatic heterocycles. The van der Waals surface area contributed by atoms with Crippen molar-refractivity contribution in [1.82, 2.24) is 0 Å². The van der Waals surface area contributed by atoms with Crippen LogP contribution in [-0.4, -0.2) is 75.8 Å². The fourth-order valence-corrected chi connectivity index (χ4v) is 6.20. The van der Waals surface area contributed by atoms with Crippen molar-refractivity contribution in [2.24, 2.45) is 0 Å². The predicted molar refractivity (Wildman–Crippen MR) is 231 cm³/mol. The quantitative estimate of drug-likeness (QED) is 0.0113. The first-order valence-electron chi connectivity index (χ1n) is 21.9. The van der Waals surface area contributed by atoms with Crippen molar-refractivity contribution in [1.29, 1.82) is 0 Å². The number of allylic oxidation sites excluding steroid dienone is 10. The number of hydrogen-bond donors (Lipinski definition) is 0. The first-order valence-corrected chi connectivity index (χ1v) is 23.4. The summed E-state index contributed by atoms with van der Waals surface area (Å²) in [5.74, 6) is -0.792. The van der Waals surface area contributed by atoms with E-state index < -0.39 is 32.5 Å². The summed E-state index contributed by atoms with van der Waals surface area (Å²) < 4.78 is 33.7. The summed E-state index contributed by atoms with van der Waals surface area (Å²) in [6, 6.07) is 0. The van der Waals surface area contributed by atoms with Gasteiger partial charge in [-0.1, -0.05) is 133 Å². The Bertz CT molecular complexity index is 1220. The fraction of sp³-hybridized carbons (Fsp3) is 0.717. The Balaban J connectivity index is 4.52. The number of ketones is 1. The number of unbranched alkanes of at least 4 members (excludes halogenated alkanes) is 14. The van der Waals surface area contributed by atoms with Gasteiger partial charge in [0.25, 0.3) is 7.82 Å². The van der Waals surface area contributed by atoms with Crippen LogP contribution in [0.5, 0.6) is 0 Å². The van der Waals surface area contributed by atoms with E-state index in [1.54, 1.807) is 6.08 Å². The fourth-order valence-electron chi connectivity index (χ4n) is 5.47. The summed E-state index contributed by atoms with van der Waals surface area (Å²) >= 11 is 0. The highest BCUT2D eigenvalue weighted by Crippen LogP contribution is 2.38. The maximum absolute atomic E-state index is 12.7. The highest BCUT2D eigenvalue weighted by atomic mass is 31.2. The lowest BCUT2D eigenvalue weighted by molar-refractivity contribution is -0.870. The van der Waals surface area contributed by atoms with Crippen LogP contribution in [-0.2, 0) is 37.5 Å². The highest BCUT2D eigenvalue weighted by Gasteiger charge is 2.21. The highest BCUT2D eigenvalue weighted by molar-refractivity contribution is 7.45. The lowest BCUT2D eigenvalue weighted by Crippen LogP contribution is -2.37. The Morgan fingerprint density at radius 3 is 1.77 bits per heavy atom. The number of rotatable bonds is 39. The maximum atomic E-state index is 12.7. The Morgan fingerprint density at radius 2 is 1.12 bits per heavy atom. The molecule has 0 radical (unpaired) electrons. The molecule has 0 aromatic rings. The van der Waals surface area contributed by atoms with Crippen molar-refractivity contribution in [3.8, 4) is 0 Å². The largest absolute Gasteiger partial charge is 0.756 e. The van der Waals surface area contributed by atoms with Crippen LogP contribution in [0.25, 0.3) is 0 Å². The Hall–Kier alpha value is -2.62. The van der Waals surface area contributed by atoms with E-state index in [0.717, 1.165) is 77.0 Å². The molecule has 0 aliphatic rings. The monoisotopic (exact) mass is 822 g/mol. The number of nitrogens with zero attached hydrogens (tertiary/aromatic N) is 1. The minimum absolute atomic E-state index is 0.0569. The number of phosphoric ester groups is 1. The molecule has 57 heavy (non-hydrogen) atoms. The van der Waals surface area contributed by atoms with Crippen molar-refractivity contribution in [2.75, 3.05) is 47.5 Å². The third-order valence-corrected chi connectivity index (χ3v) is 9.95. The molecular formula is C46H80NO9P. The zero-order valence-corrected chi connectivity index (χ0v) is 37.4. The molecule has 0 saturated heterocycles. The van der Waals surface area contributed by atoms with Crippen molar-refractivity contribution >= 4 is 25.5 Å². The smallest absolute Gasteiger partial charge is 0.306 e. The van der Waals surface area contributed by atoms with Crippen LogP contribution in [0, 0.1) is 0 Å². The first kappa shape index (κ1) is 54.4. The van der Waals surface area contributed by atoms with E-state index in [1.165, 1.54) is 38.5 Å². The third-order valence-electron chi connectivity index (χ3n) is 8.99. The van der Waals surface area contributed by atoms with E-state index in [4.69, 9.17) is 18.5 Å². The molecule has 11 heteroatoms. The van der Waals surface area contributed by atoms with Crippen LogP contribution in [0.15, 0.2) is 60.8 Å². The van der Waals surface area contributed by atoms with Crippen LogP contribution in [0.1, 0.15) is 162 Å². The van der Waals surface area contributed by atoms with Gasteiger partial charge in [-0.05, 0) is 70.3 Å². The molecule has 2 atom stereocenters. The van der Waals surface area contributed by atoms with Gasteiger partial charge in [-0.2, -0.15) is 0 Å². The second kappa shape index (κ2) is 37.6. The maximum Gasteiger partial charge on any atom is 0.306 e. The standard InChI is InChI=1S/C46H80NO9P/c1-6-8-10-11-12-13-14-15-16-17-18-19-20-23-26-29-33-37-45(49)53-41-44(42-55-57(51,52)54-40-39-47(3,4)5)56-46(50)38-34-30-27-24-21-22-25-28-32-36-43(48)35-31-9-7-2/h15-16,18-19,23,25-26,28,32,36,44H,6-14,17,20-22,24,27,29-31,33-35,37-42H2,1-5H3/b16-15-,19-18-,26-23-,28-25-,36-32+/t44-/m1/s1. The van der Waals surface area contributed by atoms with E-state index in [1.807, 2.05) is 39.4 Å². The second-order valence-corrected chi connectivity index (χ2v) is 17.1. The number of ether oxygens (including phenoxy) is 2. The van der Waals surface area contributed by atoms with E-state index in [-0.39, 0.29) is 31.8 Å². The summed E-state index contributed by atoms with van der Waals surface area (Å²) in [5.41, 5.74) is 0. The number of likely N-dealkylation sites (N-methyl/N-ethyl adjacent to an activating group) is 1. The van der Waals surface area contributed by atoms with Gasteiger partial charge in [0.15, 0.2) is 11.9 Å². The number of hydrogen-bond acceptors (Lipinski definition) is 9. The molecule has 0 spiro atoms. The number of phosphoric acid groups is 1. The summed E-state index contributed by atoms with van der Waals surface area (Å²) in [4.78, 5) is 49.2. The summed E-state index contributed by atoms with van der Waals surface area (Å²) in [6.07, 6.45) is 40.9. The van der Waals surface area contributed by atoms with Gasteiger partial charge in [-0.15, -0.1) is 0 Å². The molecule has 0 fully saturated rings. The number of esters is 2. The average molecular weight is 822 g/mol. The molecule has 0 amide bonds. The van der Waals surface area contributed by atoms with Gasteiger partial charge in [0, 0.05) is 19.3 Å². The minimum Gasteiger partial charge on any atom is -0.756 e. The van der Waals surface area contributed by atoms with Crippen LogP contribution < -0.4 is 4.89 Å². The van der Waals surface area contributed by atoms with Gasteiger partial charge in [0.05, 0.1) is 27.7 Å². The number of quaternary nitrogens is 1. The molecule has 0 aliphatic carbocycles. The topological polar surface area (TPSA) is 128 Å². The zero-order chi connectivity index (χ0) is 42.3. The Morgan fingerprint density at radius 1 is 0.596 bits per heavy atom. The molecule has 0 saturated carbocycles. The molecule has 1 unspecified atom stereocenters. The average Bonchev–Trinajstić information content (AvgIpc) is 3.15. The van der Waals surface area contributed by atoms with Crippen molar-refractivity contribution in [2.45, 2.75) is 168 Å². The van der Waals surface area contributed by atoms with E-state index >= 15 is 0 Å². The van der Waals surface area contributed by atoms with E-state index in [9.17, 15) is 23.8 Å². The predicted octanol–water partition coefficient (Wildman–Crippen LogP) is 11.0.